The van der Waals surface area contributed by atoms with E-state index >= 15 is 0 Å². The maximum absolute atomic E-state index is 4.88. The van der Waals surface area contributed by atoms with Crippen molar-refractivity contribution >= 4 is 107 Å². The van der Waals surface area contributed by atoms with Gasteiger partial charge in [0.05, 0.1) is 38.3 Å². The lowest BCUT2D eigenvalue weighted by molar-refractivity contribution is 0.837. The van der Waals surface area contributed by atoms with Gasteiger partial charge < -0.3 is 9.13 Å². The van der Waals surface area contributed by atoms with Gasteiger partial charge in [-0.25, -0.2) is 9.97 Å². The second-order valence-corrected chi connectivity index (χ2v) is 20.3. The molecule has 69 heavy (non-hydrogen) atoms. The van der Waals surface area contributed by atoms with Crippen LogP contribution in [0.5, 0.6) is 0 Å². The highest BCUT2D eigenvalue weighted by molar-refractivity contribution is 7.26. The molecule has 0 radical (unpaired) electrons. The molecule has 0 aliphatic carbocycles. The Labute approximate surface area is 406 Å². The number of pyridine rings is 4. The van der Waals surface area contributed by atoms with Crippen molar-refractivity contribution in [3.63, 3.8) is 0 Å². The SMILES string of the molecule is Cc1c(-n2c3cccnc3c3cccnc32)c(C)n(-c2cc(-c3ccc4sc5ccccc5c4c3)cc3c2sc2ccccc23)c1C.Cc1c(-n2c3ccncc3c3cccnc32)c(C)n(C)c1C. The fourth-order valence-corrected chi connectivity index (χ4v) is 13.2. The highest BCUT2D eigenvalue weighted by Gasteiger charge is 2.25. The van der Waals surface area contributed by atoms with Crippen LogP contribution in [0.25, 0.3) is 113 Å². The summed E-state index contributed by atoms with van der Waals surface area (Å²) in [6, 6.07) is 43.8. The summed E-state index contributed by atoms with van der Waals surface area (Å²) >= 11 is 3.74. The molecule has 0 aliphatic rings. The first-order valence-electron chi connectivity index (χ1n) is 23.3. The third kappa shape index (κ3) is 6.05. The van der Waals surface area contributed by atoms with Crippen molar-refractivity contribution in [2.24, 2.45) is 7.05 Å². The lowest BCUT2D eigenvalue weighted by Gasteiger charge is -2.15. The number of hydrogen-bond acceptors (Lipinski definition) is 6. The highest BCUT2D eigenvalue weighted by atomic mass is 32.1. The lowest BCUT2D eigenvalue weighted by Crippen LogP contribution is -2.02. The molecule has 4 aromatic carbocycles. The van der Waals surface area contributed by atoms with E-state index in [2.05, 4.69) is 180 Å². The molecule has 0 N–H and O–H groups in total. The van der Waals surface area contributed by atoms with Crippen LogP contribution in [0.1, 0.15) is 33.9 Å². The molecule has 0 spiro atoms. The van der Waals surface area contributed by atoms with E-state index in [0.717, 1.165) is 44.0 Å². The minimum atomic E-state index is 0.932. The number of rotatable bonds is 4. The van der Waals surface area contributed by atoms with Gasteiger partial charge in [-0.05, 0) is 143 Å². The summed E-state index contributed by atoms with van der Waals surface area (Å²) in [5, 5.41) is 8.59. The lowest BCUT2D eigenvalue weighted by atomic mass is 9.99. The molecule has 10 heteroatoms. The molecule has 10 heterocycles. The molecule has 0 amide bonds. The average Bonchev–Trinajstić information content (AvgIpc) is 4.20. The van der Waals surface area contributed by atoms with Gasteiger partial charge in [0.2, 0.25) is 0 Å². The van der Waals surface area contributed by atoms with Crippen LogP contribution in [0.3, 0.4) is 0 Å². The van der Waals surface area contributed by atoms with Gasteiger partial charge in [-0.3, -0.25) is 19.1 Å². The van der Waals surface area contributed by atoms with E-state index < -0.39 is 0 Å². The molecule has 0 saturated carbocycles. The molecule has 0 unspecified atom stereocenters. The van der Waals surface area contributed by atoms with E-state index in [4.69, 9.17) is 9.97 Å². The molecule has 8 nitrogen and oxygen atoms in total. The zero-order valence-corrected chi connectivity index (χ0v) is 41.0. The third-order valence-electron chi connectivity index (χ3n) is 14.6. The van der Waals surface area contributed by atoms with Crippen molar-refractivity contribution in [2.45, 2.75) is 41.5 Å². The van der Waals surface area contributed by atoms with Crippen molar-refractivity contribution in [3.05, 3.63) is 186 Å². The van der Waals surface area contributed by atoms with Crippen molar-refractivity contribution in [3.8, 4) is 28.2 Å². The Hall–Kier alpha value is -7.92. The highest BCUT2D eigenvalue weighted by Crippen LogP contribution is 2.45. The summed E-state index contributed by atoms with van der Waals surface area (Å²) in [7, 11) is 2.12. The van der Waals surface area contributed by atoms with Crippen LogP contribution in [-0.4, -0.2) is 38.2 Å². The second-order valence-electron chi connectivity index (χ2n) is 18.1. The first-order valence-corrected chi connectivity index (χ1v) is 24.9. The number of hydrogen-bond donors (Lipinski definition) is 0. The topological polar surface area (TPSA) is 71.3 Å². The van der Waals surface area contributed by atoms with Gasteiger partial charge in [0.1, 0.15) is 11.3 Å². The van der Waals surface area contributed by atoms with Gasteiger partial charge >= 0.3 is 0 Å². The minimum Gasteiger partial charge on any atom is -0.350 e. The van der Waals surface area contributed by atoms with Crippen molar-refractivity contribution in [2.75, 3.05) is 0 Å². The number of thiophene rings is 2. The second kappa shape index (κ2) is 15.6. The Morgan fingerprint density at radius 3 is 1.80 bits per heavy atom. The van der Waals surface area contributed by atoms with Crippen LogP contribution in [0.4, 0.5) is 0 Å². The maximum Gasteiger partial charge on any atom is 0.147 e. The Bertz CT molecular complexity index is 4280. The fourth-order valence-electron chi connectivity index (χ4n) is 10.9. The molecule has 0 saturated heterocycles. The molecule has 0 atom stereocenters. The Balaban J connectivity index is 0.000000178. The van der Waals surface area contributed by atoms with Crippen LogP contribution in [0.2, 0.25) is 0 Å². The standard InChI is InChI=1S/C41H28N4S2.C18H18N4/c1-23-24(2)44(25(3)39(23)45-33-13-9-18-42-38(33)30-12-8-19-43-41(30)45)34-22-27(21-32-29-11-5-7-15-36(29)47-40(32)34)26-16-17-37-31(20-26)28-10-4-6-14-35(28)46-37;1-11-12(2)21(4)13(3)17(11)22-16-7-9-19-10-15(16)14-6-5-8-20-18(14)22/h4-22H,1-3H3;5-10H,1-4H3. The van der Waals surface area contributed by atoms with Crippen LogP contribution in [-0.2, 0) is 7.05 Å². The quantitative estimate of drug-likeness (QED) is 0.176. The summed E-state index contributed by atoms with van der Waals surface area (Å²) in [6.07, 6.45) is 9.37. The van der Waals surface area contributed by atoms with Gasteiger partial charge in [-0.15, -0.1) is 22.7 Å². The fraction of sp³-hybridized carbons (Fsp3) is 0.119. The molecule has 0 bridgehead atoms. The molecule has 0 aliphatic heterocycles. The van der Waals surface area contributed by atoms with Gasteiger partial charge in [0.25, 0.3) is 0 Å². The van der Waals surface area contributed by atoms with Crippen molar-refractivity contribution < 1.29 is 0 Å². The minimum absolute atomic E-state index is 0.932. The zero-order chi connectivity index (χ0) is 46.8. The van der Waals surface area contributed by atoms with Gasteiger partial charge in [0.15, 0.2) is 0 Å². The molecular weight excluding hydrogens is 885 g/mol. The first-order chi connectivity index (χ1) is 33.7. The summed E-state index contributed by atoms with van der Waals surface area (Å²) < 4.78 is 14.6. The predicted molar refractivity (Wildman–Crippen MR) is 291 cm³/mol. The predicted octanol–water partition coefficient (Wildman–Crippen LogP) is 15.5. The average molecular weight is 931 g/mol. The Kier molecular flexibility index (Phi) is 9.31. The van der Waals surface area contributed by atoms with Crippen LogP contribution in [0, 0.1) is 41.5 Å². The van der Waals surface area contributed by atoms with E-state index in [1.165, 1.54) is 102 Å². The van der Waals surface area contributed by atoms with Crippen LogP contribution >= 0.6 is 22.7 Å². The maximum atomic E-state index is 4.88. The number of aromatic nitrogens is 8. The molecule has 14 rings (SSSR count). The van der Waals surface area contributed by atoms with E-state index in [0.29, 0.717) is 0 Å². The molecular formula is C59H46N8S2. The zero-order valence-electron chi connectivity index (χ0n) is 39.3. The van der Waals surface area contributed by atoms with E-state index in [9.17, 15) is 0 Å². The first kappa shape index (κ1) is 41.3. The Morgan fingerprint density at radius 2 is 1.03 bits per heavy atom. The van der Waals surface area contributed by atoms with E-state index in [-0.39, 0.29) is 0 Å². The number of fused-ring (bicyclic) bond motifs is 12. The van der Waals surface area contributed by atoms with Crippen LogP contribution in [0.15, 0.2) is 152 Å². The molecule has 14 aromatic rings. The normalized spacial score (nSPS) is 12.0. The van der Waals surface area contributed by atoms with E-state index in [1.54, 1.807) is 0 Å². The summed E-state index contributed by atoms with van der Waals surface area (Å²) in [5.74, 6) is 0. The van der Waals surface area contributed by atoms with Crippen molar-refractivity contribution in [1.82, 2.24) is 38.2 Å². The summed E-state index contributed by atoms with van der Waals surface area (Å²) in [4.78, 5) is 18.6. The largest absolute Gasteiger partial charge is 0.350 e. The van der Waals surface area contributed by atoms with Gasteiger partial charge in [-0.2, -0.15) is 0 Å². The van der Waals surface area contributed by atoms with Crippen molar-refractivity contribution in [1.29, 1.82) is 0 Å². The van der Waals surface area contributed by atoms with Gasteiger partial charge in [0, 0.05) is 113 Å². The molecule has 334 valence electrons. The number of nitrogens with zero attached hydrogens (tertiary/aromatic N) is 8. The summed E-state index contributed by atoms with van der Waals surface area (Å²) in [5.41, 5.74) is 18.7. The molecule has 0 fully saturated rings. The smallest absolute Gasteiger partial charge is 0.147 e. The Morgan fingerprint density at radius 1 is 0.420 bits per heavy atom. The number of benzene rings is 4. The van der Waals surface area contributed by atoms with E-state index in [1.807, 2.05) is 71.9 Å². The molecule has 10 aromatic heterocycles. The van der Waals surface area contributed by atoms with Gasteiger partial charge in [-0.1, -0.05) is 42.5 Å². The van der Waals surface area contributed by atoms with Crippen LogP contribution < -0.4 is 0 Å². The summed E-state index contributed by atoms with van der Waals surface area (Å²) in [6.45, 7) is 13.3. The monoisotopic (exact) mass is 930 g/mol. The third-order valence-corrected chi connectivity index (χ3v) is 17.0.